The average molecular weight is 392 g/mol. The highest BCUT2D eigenvalue weighted by Crippen LogP contribution is 2.19. The van der Waals surface area contributed by atoms with Gasteiger partial charge in [0.1, 0.15) is 5.82 Å². The molecule has 0 spiro atoms. The Morgan fingerprint density at radius 2 is 1.96 bits per heavy atom. The molecule has 1 unspecified atom stereocenters. The fraction of sp³-hybridized carbons (Fsp3) is 0.500. The highest BCUT2D eigenvalue weighted by molar-refractivity contribution is 7.11. The summed E-state index contributed by atoms with van der Waals surface area (Å²) in [6.07, 6.45) is 3.87. The lowest BCUT2D eigenvalue weighted by molar-refractivity contribution is 0.306. The molecule has 0 fully saturated rings. The van der Waals surface area contributed by atoms with Crippen molar-refractivity contribution >= 4 is 17.3 Å². The monoisotopic (exact) mass is 391 g/mol. The van der Waals surface area contributed by atoms with Crippen molar-refractivity contribution in [2.45, 2.75) is 32.7 Å². The van der Waals surface area contributed by atoms with Gasteiger partial charge in [-0.1, -0.05) is 19.1 Å². The summed E-state index contributed by atoms with van der Waals surface area (Å²) in [6.45, 7) is 6.37. The summed E-state index contributed by atoms with van der Waals surface area (Å²) in [5.74, 6) is 0.571. The molecule has 2 N–H and O–H groups in total. The standard InChI is InChI=1S/C20H30FN5S/c1-5-17-13-24-19(27-17)11-12-23-20(22-6-2)25-14-18(26(3)4)15-7-9-16(21)10-8-15/h7-10,13,18H,5-6,11-12,14H2,1-4H3,(H2,22,23,25). The minimum Gasteiger partial charge on any atom is -0.357 e. The van der Waals surface area contributed by atoms with Crippen LogP contribution < -0.4 is 10.6 Å². The second kappa shape index (κ2) is 11.0. The van der Waals surface area contributed by atoms with Crippen LogP contribution in [-0.4, -0.2) is 49.6 Å². The zero-order valence-electron chi connectivity index (χ0n) is 16.6. The Balaban J connectivity index is 1.96. The number of aliphatic imine (C=N–C) groups is 1. The molecular formula is C20H30FN5S. The molecule has 0 radical (unpaired) electrons. The number of nitrogens with zero attached hydrogens (tertiary/aromatic N) is 3. The summed E-state index contributed by atoms with van der Waals surface area (Å²) < 4.78 is 13.2. The first-order valence-corrected chi connectivity index (χ1v) is 10.2. The fourth-order valence-corrected chi connectivity index (χ4v) is 3.55. The zero-order valence-corrected chi connectivity index (χ0v) is 17.4. The Hall–Kier alpha value is -1.99. The zero-order chi connectivity index (χ0) is 19.6. The van der Waals surface area contributed by atoms with E-state index in [-0.39, 0.29) is 11.9 Å². The van der Waals surface area contributed by atoms with Crippen LogP contribution in [0.25, 0.3) is 0 Å². The van der Waals surface area contributed by atoms with Crippen molar-refractivity contribution in [3.05, 3.63) is 51.7 Å². The highest BCUT2D eigenvalue weighted by Gasteiger charge is 2.14. The molecule has 7 heteroatoms. The first kappa shape index (κ1) is 21.3. The maximum atomic E-state index is 13.2. The molecule has 0 aliphatic rings. The molecule has 0 saturated heterocycles. The number of likely N-dealkylation sites (N-methyl/N-ethyl adjacent to an activating group) is 1. The van der Waals surface area contributed by atoms with Gasteiger partial charge in [-0.15, -0.1) is 11.3 Å². The summed E-state index contributed by atoms with van der Waals surface area (Å²) in [5.41, 5.74) is 1.05. The largest absolute Gasteiger partial charge is 0.357 e. The van der Waals surface area contributed by atoms with Crippen LogP contribution in [0.15, 0.2) is 35.5 Å². The molecule has 148 valence electrons. The molecule has 5 nitrogen and oxygen atoms in total. The molecule has 0 aliphatic heterocycles. The van der Waals surface area contributed by atoms with Gasteiger partial charge in [-0.05, 0) is 45.1 Å². The van der Waals surface area contributed by atoms with Gasteiger partial charge >= 0.3 is 0 Å². The van der Waals surface area contributed by atoms with Crippen molar-refractivity contribution in [2.24, 2.45) is 4.99 Å². The molecular weight excluding hydrogens is 361 g/mol. The van der Waals surface area contributed by atoms with Crippen LogP contribution in [0.3, 0.4) is 0 Å². The fourth-order valence-electron chi connectivity index (χ4n) is 2.69. The van der Waals surface area contributed by atoms with E-state index in [1.807, 2.05) is 32.4 Å². The minimum atomic E-state index is -0.219. The van der Waals surface area contributed by atoms with E-state index in [4.69, 9.17) is 4.99 Å². The molecule has 2 rings (SSSR count). The van der Waals surface area contributed by atoms with Gasteiger partial charge in [-0.2, -0.15) is 0 Å². The number of nitrogens with one attached hydrogen (secondary N) is 2. The lowest BCUT2D eigenvalue weighted by Crippen LogP contribution is -2.39. The molecule has 0 aliphatic carbocycles. The first-order chi connectivity index (χ1) is 13.0. The third kappa shape index (κ3) is 6.92. The number of aromatic nitrogens is 1. The first-order valence-electron chi connectivity index (χ1n) is 9.41. The number of thiazole rings is 1. The Morgan fingerprint density at radius 1 is 1.22 bits per heavy atom. The van der Waals surface area contributed by atoms with Gasteiger partial charge in [0, 0.05) is 30.6 Å². The van der Waals surface area contributed by atoms with E-state index in [1.165, 1.54) is 17.0 Å². The lowest BCUT2D eigenvalue weighted by atomic mass is 10.1. The number of guanidine groups is 1. The van der Waals surface area contributed by atoms with Gasteiger partial charge in [0.15, 0.2) is 5.96 Å². The third-order valence-corrected chi connectivity index (χ3v) is 5.43. The molecule has 1 aromatic heterocycles. The quantitative estimate of drug-likeness (QED) is 0.509. The molecule has 1 atom stereocenters. The van der Waals surface area contributed by atoms with Crippen LogP contribution >= 0.6 is 11.3 Å². The van der Waals surface area contributed by atoms with Crippen LogP contribution in [0.4, 0.5) is 4.39 Å². The molecule has 0 amide bonds. The number of hydrogen-bond donors (Lipinski definition) is 2. The summed E-state index contributed by atoms with van der Waals surface area (Å²) in [4.78, 5) is 12.6. The Morgan fingerprint density at radius 3 is 2.56 bits per heavy atom. The van der Waals surface area contributed by atoms with Crippen LogP contribution in [-0.2, 0) is 12.8 Å². The number of rotatable bonds is 9. The molecule has 2 aromatic rings. The maximum Gasteiger partial charge on any atom is 0.191 e. The maximum absolute atomic E-state index is 13.2. The molecule has 1 aromatic carbocycles. The van der Waals surface area contributed by atoms with Crippen molar-refractivity contribution in [3.8, 4) is 0 Å². The molecule has 0 bridgehead atoms. The summed E-state index contributed by atoms with van der Waals surface area (Å²) >= 11 is 1.77. The van der Waals surface area contributed by atoms with Crippen LogP contribution in [0, 0.1) is 5.82 Å². The molecule has 0 saturated carbocycles. The predicted molar refractivity (Wildman–Crippen MR) is 112 cm³/mol. The average Bonchev–Trinajstić information content (AvgIpc) is 3.11. The summed E-state index contributed by atoms with van der Waals surface area (Å²) in [5, 5.41) is 7.81. The van der Waals surface area contributed by atoms with Gasteiger partial charge < -0.3 is 15.5 Å². The Labute approximate surface area is 165 Å². The summed E-state index contributed by atoms with van der Waals surface area (Å²) in [7, 11) is 4.02. The van der Waals surface area contributed by atoms with Gasteiger partial charge in [0.25, 0.3) is 0 Å². The topological polar surface area (TPSA) is 52.6 Å². The highest BCUT2D eigenvalue weighted by atomic mass is 32.1. The number of benzene rings is 1. The lowest BCUT2D eigenvalue weighted by Gasteiger charge is -2.23. The third-order valence-electron chi connectivity index (χ3n) is 4.23. The van der Waals surface area contributed by atoms with E-state index in [2.05, 4.69) is 34.4 Å². The second-order valence-corrected chi connectivity index (χ2v) is 7.70. The number of halogens is 1. The van der Waals surface area contributed by atoms with E-state index in [1.54, 1.807) is 11.3 Å². The number of hydrogen-bond acceptors (Lipinski definition) is 4. The van der Waals surface area contributed by atoms with Gasteiger partial charge in [0.2, 0.25) is 0 Å². The SMILES string of the molecule is CCNC(=NCC(c1ccc(F)cc1)N(C)C)NCCc1ncc(CC)s1. The van der Waals surface area contributed by atoms with E-state index >= 15 is 0 Å². The van der Waals surface area contributed by atoms with E-state index in [0.29, 0.717) is 6.54 Å². The van der Waals surface area contributed by atoms with Crippen LogP contribution in [0.2, 0.25) is 0 Å². The van der Waals surface area contributed by atoms with Crippen LogP contribution in [0.5, 0.6) is 0 Å². The molecule has 27 heavy (non-hydrogen) atoms. The van der Waals surface area contributed by atoms with E-state index in [0.717, 1.165) is 42.5 Å². The predicted octanol–water partition coefficient (Wildman–Crippen LogP) is 3.25. The normalized spacial score (nSPS) is 13.0. The summed E-state index contributed by atoms with van der Waals surface area (Å²) in [6, 6.07) is 6.73. The smallest absolute Gasteiger partial charge is 0.191 e. The van der Waals surface area contributed by atoms with Crippen molar-refractivity contribution < 1.29 is 4.39 Å². The Bertz CT molecular complexity index is 711. The van der Waals surface area contributed by atoms with E-state index in [9.17, 15) is 4.39 Å². The van der Waals surface area contributed by atoms with Gasteiger partial charge in [0.05, 0.1) is 17.6 Å². The Kier molecular flexibility index (Phi) is 8.67. The van der Waals surface area contributed by atoms with E-state index < -0.39 is 0 Å². The van der Waals surface area contributed by atoms with Gasteiger partial charge in [-0.25, -0.2) is 9.37 Å². The minimum absolute atomic E-state index is 0.0899. The van der Waals surface area contributed by atoms with Crippen molar-refractivity contribution in [1.29, 1.82) is 0 Å². The van der Waals surface area contributed by atoms with Crippen molar-refractivity contribution in [3.63, 3.8) is 0 Å². The molecule has 1 heterocycles. The van der Waals surface area contributed by atoms with Crippen molar-refractivity contribution in [2.75, 3.05) is 33.7 Å². The van der Waals surface area contributed by atoms with Crippen LogP contribution in [0.1, 0.15) is 35.3 Å². The van der Waals surface area contributed by atoms with Crippen molar-refractivity contribution in [1.82, 2.24) is 20.5 Å². The van der Waals surface area contributed by atoms with Gasteiger partial charge in [-0.3, -0.25) is 4.99 Å². The number of aryl methyl sites for hydroxylation is 1. The second-order valence-electron chi connectivity index (χ2n) is 6.50.